The molecule has 1 N–H and O–H groups in total. The predicted molar refractivity (Wildman–Crippen MR) is 156 cm³/mol. The lowest BCUT2D eigenvalue weighted by atomic mass is 9.79. The minimum atomic E-state index is -0.751. The highest BCUT2D eigenvalue weighted by Gasteiger charge is 2.44. The van der Waals surface area contributed by atoms with E-state index in [1.165, 1.54) is 23.5 Å². The molecule has 4 aromatic carbocycles. The molecule has 1 aliphatic heterocycles. The lowest BCUT2D eigenvalue weighted by molar-refractivity contribution is -0.119. The number of ether oxygens (including phenoxy) is 2. The van der Waals surface area contributed by atoms with Crippen LogP contribution in [-0.2, 0) is 11.3 Å². The third kappa shape index (κ3) is 5.12. The zero-order chi connectivity index (χ0) is 28.5. The summed E-state index contributed by atoms with van der Waals surface area (Å²) in [4.78, 5) is 34.5. The number of amides is 2. The Morgan fingerprint density at radius 3 is 2.39 bits per heavy atom. The highest BCUT2D eigenvalue weighted by Crippen LogP contribution is 2.44. The third-order valence-corrected chi connectivity index (χ3v) is 8.20. The molecule has 0 spiro atoms. The molecule has 0 radical (unpaired) electrons. The number of benzene rings is 4. The number of halogens is 1. The second-order valence-corrected chi connectivity index (χ2v) is 10.7. The van der Waals surface area contributed by atoms with Crippen LogP contribution in [0, 0.1) is 5.82 Å². The van der Waals surface area contributed by atoms with Gasteiger partial charge in [-0.2, -0.15) is 0 Å². The fourth-order valence-corrected chi connectivity index (χ4v) is 6.17. The summed E-state index contributed by atoms with van der Waals surface area (Å²) in [5.74, 6) is -0.245. The molecule has 2 amide bonds. The normalized spacial score (nSPS) is 16.4. The molecule has 9 heteroatoms. The minimum Gasteiger partial charge on any atom is -0.497 e. The van der Waals surface area contributed by atoms with Crippen LogP contribution < -0.4 is 14.8 Å². The van der Waals surface area contributed by atoms with Gasteiger partial charge in [0.15, 0.2) is 5.13 Å². The number of thiazole rings is 1. The summed E-state index contributed by atoms with van der Waals surface area (Å²) >= 11 is 1.35. The monoisotopic (exact) mass is 567 g/mol. The molecular formula is C32H26FN3O4S. The van der Waals surface area contributed by atoms with Crippen molar-refractivity contribution in [2.45, 2.75) is 18.5 Å². The van der Waals surface area contributed by atoms with E-state index >= 15 is 0 Å². The minimum absolute atomic E-state index is 0.189. The molecule has 0 saturated carbocycles. The summed E-state index contributed by atoms with van der Waals surface area (Å²) in [6.07, 6.45) is 0. The number of nitrogens with one attached hydrogen (secondary N) is 1. The Morgan fingerprint density at radius 1 is 0.951 bits per heavy atom. The summed E-state index contributed by atoms with van der Waals surface area (Å²) in [6, 6.07) is 25.5. The molecule has 0 unspecified atom stereocenters. The maximum absolute atomic E-state index is 14.2. The van der Waals surface area contributed by atoms with Crippen LogP contribution in [0.3, 0.4) is 0 Å². The van der Waals surface area contributed by atoms with Gasteiger partial charge < -0.3 is 19.7 Å². The molecule has 0 saturated heterocycles. The smallest absolute Gasteiger partial charge is 0.255 e. The fourth-order valence-electron chi connectivity index (χ4n) is 5.28. The van der Waals surface area contributed by atoms with Crippen LogP contribution in [-0.4, -0.2) is 35.9 Å². The molecule has 1 aromatic heterocycles. The Morgan fingerprint density at radius 2 is 1.66 bits per heavy atom. The van der Waals surface area contributed by atoms with Gasteiger partial charge in [0.2, 0.25) is 5.91 Å². The second kappa shape index (κ2) is 11.0. The molecule has 1 aliphatic rings. The van der Waals surface area contributed by atoms with Crippen molar-refractivity contribution in [1.82, 2.24) is 9.88 Å². The molecule has 6 rings (SSSR count). The summed E-state index contributed by atoms with van der Waals surface area (Å²) in [5.41, 5.74) is 3.35. The van der Waals surface area contributed by atoms with Crippen molar-refractivity contribution in [2.75, 3.05) is 19.5 Å². The van der Waals surface area contributed by atoms with Crippen LogP contribution in [0.15, 0.2) is 91.0 Å². The third-order valence-electron chi connectivity index (χ3n) is 7.27. The van der Waals surface area contributed by atoms with Gasteiger partial charge in [-0.3, -0.25) is 9.59 Å². The Bertz CT molecular complexity index is 1740. The lowest BCUT2D eigenvalue weighted by Crippen LogP contribution is -2.45. The SMILES string of the molecule is COc1ccc([C@@H]2[C@@H](C(=O)Nc3nc4ccc(OC)cc4s3)c3ccccc3C(=O)N2Cc2ccc(F)cc2)cc1. The van der Waals surface area contributed by atoms with Crippen LogP contribution in [0.2, 0.25) is 0 Å². The van der Waals surface area contributed by atoms with E-state index in [1.54, 1.807) is 43.4 Å². The van der Waals surface area contributed by atoms with Gasteiger partial charge in [-0.25, -0.2) is 9.37 Å². The van der Waals surface area contributed by atoms with E-state index in [-0.39, 0.29) is 24.2 Å². The quantitative estimate of drug-likeness (QED) is 0.241. The largest absolute Gasteiger partial charge is 0.497 e. The van der Waals surface area contributed by atoms with Crippen molar-refractivity contribution in [3.8, 4) is 11.5 Å². The van der Waals surface area contributed by atoms with E-state index in [9.17, 15) is 14.0 Å². The predicted octanol–water partition coefficient (Wildman–Crippen LogP) is 6.57. The van der Waals surface area contributed by atoms with Crippen LogP contribution in [0.5, 0.6) is 11.5 Å². The number of methoxy groups -OCH3 is 2. The Hall–Kier alpha value is -4.76. The standard InChI is InChI=1S/C32H26FN3O4S/c1-39-22-13-9-20(10-14-22)29-28(30(37)35-32-34-26-16-15-23(40-2)17-27(26)41-32)24-5-3-4-6-25(24)31(38)36(29)18-19-7-11-21(33)12-8-19/h3-17,28-29H,18H2,1-2H3,(H,34,35,37)/t28-,29+/m0/s1. The highest BCUT2D eigenvalue weighted by atomic mass is 32.1. The average Bonchev–Trinajstić information content (AvgIpc) is 3.40. The van der Waals surface area contributed by atoms with Gasteiger partial charge in [-0.1, -0.05) is 53.8 Å². The molecule has 7 nitrogen and oxygen atoms in total. The number of hydrogen-bond acceptors (Lipinski definition) is 6. The molecule has 41 heavy (non-hydrogen) atoms. The van der Waals surface area contributed by atoms with Gasteiger partial charge in [0, 0.05) is 12.1 Å². The first-order valence-corrected chi connectivity index (χ1v) is 13.8. The summed E-state index contributed by atoms with van der Waals surface area (Å²) < 4.78 is 25.3. The first kappa shape index (κ1) is 26.5. The van der Waals surface area contributed by atoms with E-state index < -0.39 is 12.0 Å². The van der Waals surface area contributed by atoms with Crippen LogP contribution in [0.1, 0.15) is 39.0 Å². The average molecular weight is 568 g/mol. The van der Waals surface area contributed by atoms with Crippen molar-refractivity contribution in [3.05, 3.63) is 119 Å². The number of rotatable bonds is 7. The van der Waals surface area contributed by atoms with Crippen molar-refractivity contribution in [3.63, 3.8) is 0 Å². The lowest BCUT2D eigenvalue weighted by Gasteiger charge is -2.42. The number of hydrogen-bond donors (Lipinski definition) is 1. The Labute approximate surface area is 240 Å². The van der Waals surface area contributed by atoms with Crippen molar-refractivity contribution >= 4 is 38.5 Å². The van der Waals surface area contributed by atoms with E-state index in [4.69, 9.17) is 9.47 Å². The zero-order valence-electron chi connectivity index (χ0n) is 22.3. The number of carbonyl (C=O) groups is 2. The van der Waals surface area contributed by atoms with Gasteiger partial charge in [-0.05, 0) is 65.2 Å². The maximum atomic E-state index is 14.2. The van der Waals surface area contributed by atoms with Crippen molar-refractivity contribution < 1.29 is 23.5 Å². The molecule has 206 valence electrons. The topological polar surface area (TPSA) is 80.8 Å². The molecule has 2 atom stereocenters. The van der Waals surface area contributed by atoms with Gasteiger partial charge in [0.05, 0.1) is 36.4 Å². The molecule has 0 aliphatic carbocycles. The molecular weight excluding hydrogens is 541 g/mol. The summed E-state index contributed by atoms with van der Waals surface area (Å²) in [6.45, 7) is 0.189. The maximum Gasteiger partial charge on any atom is 0.255 e. The Balaban J connectivity index is 1.44. The van der Waals surface area contributed by atoms with Gasteiger partial charge in [-0.15, -0.1) is 0 Å². The number of carbonyl (C=O) groups excluding carboxylic acids is 2. The molecule has 5 aromatic rings. The summed E-state index contributed by atoms with van der Waals surface area (Å²) in [7, 11) is 3.18. The van der Waals surface area contributed by atoms with Gasteiger partial charge in [0.1, 0.15) is 17.3 Å². The number of nitrogens with zero attached hydrogens (tertiary/aromatic N) is 2. The van der Waals surface area contributed by atoms with Gasteiger partial charge >= 0.3 is 0 Å². The molecule has 0 fully saturated rings. The van der Waals surface area contributed by atoms with Gasteiger partial charge in [0.25, 0.3) is 5.91 Å². The van der Waals surface area contributed by atoms with Crippen molar-refractivity contribution in [2.24, 2.45) is 0 Å². The number of aromatic nitrogens is 1. The van der Waals surface area contributed by atoms with Crippen LogP contribution >= 0.6 is 11.3 Å². The van der Waals surface area contributed by atoms with Crippen LogP contribution in [0.4, 0.5) is 9.52 Å². The van der Waals surface area contributed by atoms with E-state index in [1.807, 2.05) is 54.6 Å². The van der Waals surface area contributed by atoms with Crippen LogP contribution in [0.25, 0.3) is 10.2 Å². The van der Waals surface area contributed by atoms with E-state index in [0.29, 0.717) is 27.8 Å². The number of fused-ring (bicyclic) bond motifs is 2. The summed E-state index contributed by atoms with van der Waals surface area (Å²) in [5, 5.41) is 3.47. The highest BCUT2D eigenvalue weighted by molar-refractivity contribution is 7.22. The van der Waals surface area contributed by atoms with E-state index in [2.05, 4.69) is 10.3 Å². The molecule has 2 heterocycles. The van der Waals surface area contributed by atoms with Crippen molar-refractivity contribution in [1.29, 1.82) is 0 Å². The Kier molecular flexibility index (Phi) is 7.11. The van der Waals surface area contributed by atoms with E-state index in [0.717, 1.165) is 21.3 Å². The second-order valence-electron chi connectivity index (χ2n) is 9.68. The number of anilines is 1. The first-order valence-electron chi connectivity index (χ1n) is 13.0. The fraction of sp³-hybridized carbons (Fsp3) is 0.156. The molecule has 0 bridgehead atoms. The zero-order valence-corrected chi connectivity index (χ0v) is 23.2. The first-order chi connectivity index (χ1) is 19.9.